The molecule has 2 aromatic carbocycles. The average molecular weight is 424 g/mol. The number of fused-ring (bicyclic) bond motifs is 1. The van der Waals surface area contributed by atoms with Crippen LogP contribution in [-0.4, -0.2) is 35.6 Å². The van der Waals surface area contributed by atoms with Crippen LogP contribution in [0.2, 0.25) is 0 Å². The molecule has 0 saturated heterocycles. The number of amides is 2. The number of rotatable bonds is 6. The summed E-state index contributed by atoms with van der Waals surface area (Å²) in [5.41, 5.74) is 1.63. The van der Waals surface area contributed by atoms with Crippen molar-refractivity contribution in [1.29, 1.82) is 0 Å². The number of ether oxygens (including phenoxy) is 2. The molecule has 0 spiro atoms. The van der Waals surface area contributed by atoms with Crippen molar-refractivity contribution in [1.82, 2.24) is 15.1 Å². The van der Waals surface area contributed by atoms with E-state index in [1.807, 2.05) is 0 Å². The maximum Gasteiger partial charge on any atom is 0.319 e. The van der Waals surface area contributed by atoms with E-state index in [2.05, 4.69) is 15.7 Å². The smallest absolute Gasteiger partial charge is 0.319 e. The van der Waals surface area contributed by atoms with Crippen molar-refractivity contribution in [2.75, 3.05) is 25.1 Å². The van der Waals surface area contributed by atoms with E-state index in [-0.39, 0.29) is 17.4 Å². The SMILES string of the molecule is O=C(NCCCn1nc(-c2ccc(F)cc2)ccc1=O)Nc1ccc2c(c1)OCCO2. The first-order valence-corrected chi connectivity index (χ1v) is 9.87. The average Bonchev–Trinajstić information content (AvgIpc) is 2.78. The van der Waals surface area contributed by atoms with Gasteiger partial charge in [0, 0.05) is 36.5 Å². The summed E-state index contributed by atoms with van der Waals surface area (Å²) in [5, 5.41) is 9.81. The minimum atomic E-state index is -0.364. The first-order valence-electron chi connectivity index (χ1n) is 9.87. The van der Waals surface area contributed by atoms with Crippen molar-refractivity contribution >= 4 is 11.7 Å². The fourth-order valence-corrected chi connectivity index (χ4v) is 3.11. The van der Waals surface area contributed by atoms with Crippen molar-refractivity contribution in [3.8, 4) is 22.8 Å². The molecule has 0 bridgehead atoms. The van der Waals surface area contributed by atoms with Gasteiger partial charge in [-0.25, -0.2) is 13.9 Å². The second-order valence-electron chi connectivity index (χ2n) is 6.88. The molecule has 4 rings (SSSR count). The third kappa shape index (κ3) is 5.19. The lowest BCUT2D eigenvalue weighted by atomic mass is 10.1. The van der Waals surface area contributed by atoms with Gasteiger partial charge in [0.25, 0.3) is 5.56 Å². The number of carbonyl (C=O) groups is 1. The molecule has 0 fully saturated rings. The summed E-state index contributed by atoms with van der Waals surface area (Å²) in [7, 11) is 0. The second-order valence-corrected chi connectivity index (χ2v) is 6.88. The lowest BCUT2D eigenvalue weighted by molar-refractivity contribution is 0.171. The van der Waals surface area contributed by atoms with Crippen LogP contribution in [0.3, 0.4) is 0 Å². The fourth-order valence-electron chi connectivity index (χ4n) is 3.11. The Morgan fingerprint density at radius 1 is 1.03 bits per heavy atom. The molecule has 1 aliphatic heterocycles. The second kappa shape index (κ2) is 9.29. The maximum atomic E-state index is 13.1. The van der Waals surface area contributed by atoms with Gasteiger partial charge in [-0.05, 0) is 48.9 Å². The van der Waals surface area contributed by atoms with Crippen LogP contribution in [0.1, 0.15) is 6.42 Å². The molecule has 31 heavy (non-hydrogen) atoms. The van der Waals surface area contributed by atoms with Crippen LogP contribution in [0.5, 0.6) is 11.5 Å². The van der Waals surface area contributed by atoms with Gasteiger partial charge in [0.1, 0.15) is 19.0 Å². The van der Waals surface area contributed by atoms with Gasteiger partial charge < -0.3 is 20.1 Å². The number of carbonyl (C=O) groups excluding carboxylic acids is 1. The number of hydrogen-bond donors (Lipinski definition) is 2. The Kier molecular flexibility index (Phi) is 6.11. The molecule has 1 aromatic heterocycles. The van der Waals surface area contributed by atoms with Gasteiger partial charge in [0.05, 0.1) is 5.69 Å². The minimum Gasteiger partial charge on any atom is -0.486 e. The van der Waals surface area contributed by atoms with E-state index < -0.39 is 0 Å². The van der Waals surface area contributed by atoms with E-state index in [1.54, 1.807) is 36.4 Å². The molecular weight excluding hydrogens is 403 g/mol. The Morgan fingerprint density at radius 2 is 1.81 bits per heavy atom. The largest absolute Gasteiger partial charge is 0.486 e. The van der Waals surface area contributed by atoms with Crippen LogP contribution in [-0.2, 0) is 6.54 Å². The first-order chi connectivity index (χ1) is 15.1. The Morgan fingerprint density at radius 3 is 2.61 bits per heavy atom. The summed E-state index contributed by atoms with van der Waals surface area (Å²) < 4.78 is 25.4. The number of aryl methyl sites for hydroxylation is 1. The predicted molar refractivity (Wildman–Crippen MR) is 113 cm³/mol. The van der Waals surface area contributed by atoms with Crippen LogP contribution in [0.15, 0.2) is 59.4 Å². The van der Waals surface area contributed by atoms with E-state index in [9.17, 15) is 14.0 Å². The Hall–Kier alpha value is -3.88. The Balaban J connectivity index is 1.28. The number of aromatic nitrogens is 2. The van der Waals surface area contributed by atoms with E-state index in [0.717, 1.165) is 0 Å². The summed E-state index contributed by atoms with van der Waals surface area (Å²) >= 11 is 0. The van der Waals surface area contributed by atoms with Crippen LogP contribution >= 0.6 is 0 Å². The molecule has 160 valence electrons. The summed E-state index contributed by atoms with van der Waals surface area (Å²) in [6, 6.07) is 13.8. The van der Waals surface area contributed by atoms with E-state index >= 15 is 0 Å². The lowest BCUT2D eigenvalue weighted by Crippen LogP contribution is -2.31. The molecule has 9 heteroatoms. The fraction of sp³-hybridized carbons (Fsp3) is 0.227. The number of anilines is 1. The molecule has 0 unspecified atom stereocenters. The van der Waals surface area contributed by atoms with E-state index in [0.29, 0.717) is 61.2 Å². The van der Waals surface area contributed by atoms with E-state index in [1.165, 1.54) is 22.9 Å². The van der Waals surface area contributed by atoms with Gasteiger partial charge in [-0.1, -0.05) is 0 Å². The van der Waals surface area contributed by atoms with Gasteiger partial charge in [-0.3, -0.25) is 4.79 Å². The molecule has 0 aliphatic carbocycles. The van der Waals surface area contributed by atoms with Gasteiger partial charge >= 0.3 is 6.03 Å². The third-order valence-electron chi connectivity index (χ3n) is 4.64. The zero-order chi connectivity index (χ0) is 21.6. The van der Waals surface area contributed by atoms with Crippen LogP contribution in [0.4, 0.5) is 14.9 Å². The summed E-state index contributed by atoms with van der Waals surface area (Å²) in [6.07, 6.45) is 0.508. The van der Waals surface area contributed by atoms with Gasteiger partial charge in [-0.15, -0.1) is 0 Å². The van der Waals surface area contributed by atoms with Crippen LogP contribution in [0.25, 0.3) is 11.3 Å². The molecule has 8 nitrogen and oxygen atoms in total. The zero-order valence-electron chi connectivity index (χ0n) is 16.6. The monoisotopic (exact) mass is 424 g/mol. The third-order valence-corrected chi connectivity index (χ3v) is 4.64. The normalized spacial score (nSPS) is 12.3. The van der Waals surface area contributed by atoms with Crippen molar-refractivity contribution in [3.05, 3.63) is 70.8 Å². The van der Waals surface area contributed by atoms with Crippen molar-refractivity contribution < 1.29 is 18.7 Å². The number of nitrogens with zero attached hydrogens (tertiary/aromatic N) is 2. The quantitative estimate of drug-likeness (QED) is 0.593. The van der Waals surface area contributed by atoms with Gasteiger partial charge in [0.2, 0.25) is 0 Å². The zero-order valence-corrected chi connectivity index (χ0v) is 16.6. The summed E-state index contributed by atoms with van der Waals surface area (Å²) in [4.78, 5) is 24.2. The van der Waals surface area contributed by atoms with Crippen molar-refractivity contribution in [2.24, 2.45) is 0 Å². The Bertz CT molecular complexity index is 1130. The molecule has 0 radical (unpaired) electrons. The standard InChI is InChI=1S/C22H21FN4O4/c23-16-4-2-15(3-5-16)18-7-9-21(28)27(26-18)11-1-10-24-22(29)25-17-6-8-19-20(14-17)31-13-12-30-19/h2-9,14H,1,10-13H2,(H2,24,25,29). The summed E-state index contributed by atoms with van der Waals surface area (Å²) in [6.45, 7) is 1.66. The number of urea groups is 1. The number of nitrogens with one attached hydrogen (secondary N) is 2. The molecular formula is C22H21FN4O4. The summed E-state index contributed by atoms with van der Waals surface area (Å²) in [5.74, 6) is 0.909. The van der Waals surface area contributed by atoms with Crippen LogP contribution < -0.4 is 25.7 Å². The van der Waals surface area contributed by atoms with Crippen molar-refractivity contribution in [3.63, 3.8) is 0 Å². The van der Waals surface area contributed by atoms with Gasteiger partial charge in [0.15, 0.2) is 11.5 Å². The van der Waals surface area contributed by atoms with Crippen molar-refractivity contribution in [2.45, 2.75) is 13.0 Å². The predicted octanol–water partition coefficient (Wildman–Crippen LogP) is 3.03. The molecule has 3 aromatic rings. The molecule has 0 atom stereocenters. The minimum absolute atomic E-state index is 0.244. The highest BCUT2D eigenvalue weighted by Gasteiger charge is 2.12. The number of hydrogen-bond acceptors (Lipinski definition) is 5. The molecule has 2 N–H and O–H groups in total. The maximum absolute atomic E-state index is 13.1. The Labute approximate surface area is 177 Å². The lowest BCUT2D eigenvalue weighted by Gasteiger charge is -2.19. The highest BCUT2D eigenvalue weighted by atomic mass is 19.1. The molecule has 0 saturated carbocycles. The first kappa shape index (κ1) is 20.4. The molecule has 1 aliphatic rings. The highest BCUT2D eigenvalue weighted by Crippen LogP contribution is 2.32. The number of halogens is 1. The molecule has 2 amide bonds. The highest BCUT2D eigenvalue weighted by molar-refractivity contribution is 5.89. The number of benzene rings is 2. The topological polar surface area (TPSA) is 94.5 Å². The van der Waals surface area contributed by atoms with E-state index in [4.69, 9.17) is 9.47 Å². The van der Waals surface area contributed by atoms with Crippen LogP contribution in [0, 0.1) is 5.82 Å². The molecule has 2 heterocycles. The van der Waals surface area contributed by atoms with Gasteiger partial charge in [-0.2, -0.15) is 5.10 Å².